The van der Waals surface area contributed by atoms with Crippen LogP contribution in [0, 0.1) is 13.5 Å². The first kappa shape index (κ1) is 17.6. The molecule has 0 aliphatic carbocycles. The lowest BCUT2D eigenvalue weighted by Gasteiger charge is -2.19. The van der Waals surface area contributed by atoms with Crippen molar-refractivity contribution in [2.24, 2.45) is 10.2 Å². The Morgan fingerprint density at radius 3 is 2.71 bits per heavy atom. The van der Waals surface area contributed by atoms with Crippen molar-refractivity contribution >= 4 is 33.8 Å². The number of nitrogens with zero attached hydrogens (tertiary/aromatic N) is 5. The number of rotatable bonds is 5. The predicted molar refractivity (Wildman–Crippen MR) is 92.6 cm³/mol. The van der Waals surface area contributed by atoms with E-state index in [0.717, 1.165) is 11.5 Å². The highest BCUT2D eigenvalue weighted by Gasteiger charge is 2.17. The number of carbonyl (C=O) groups excluding carboxylic acids is 1. The highest BCUT2D eigenvalue weighted by molar-refractivity contribution is 7.10. The highest BCUT2D eigenvalue weighted by atomic mass is 32.1. The van der Waals surface area contributed by atoms with E-state index in [1.165, 1.54) is 12.1 Å². The van der Waals surface area contributed by atoms with E-state index in [4.69, 9.17) is 6.57 Å². The molecule has 0 bridgehead atoms. The van der Waals surface area contributed by atoms with Gasteiger partial charge in [0.2, 0.25) is 5.69 Å². The van der Waals surface area contributed by atoms with Crippen LogP contribution >= 0.6 is 11.5 Å². The van der Waals surface area contributed by atoms with Gasteiger partial charge < -0.3 is 10.0 Å². The van der Waals surface area contributed by atoms with E-state index in [-0.39, 0.29) is 17.2 Å². The summed E-state index contributed by atoms with van der Waals surface area (Å²) in [5.74, 6) is -0.355. The number of carbonyl (C=O) groups is 1. The van der Waals surface area contributed by atoms with Gasteiger partial charge in [0, 0.05) is 13.1 Å². The first-order valence-electron chi connectivity index (χ1n) is 7.39. The van der Waals surface area contributed by atoms with Crippen LogP contribution in [0.4, 0.5) is 16.4 Å². The van der Waals surface area contributed by atoms with Gasteiger partial charge in [-0.25, -0.2) is 9.22 Å². The van der Waals surface area contributed by atoms with Gasteiger partial charge in [0.25, 0.3) is 5.91 Å². The lowest BCUT2D eigenvalue weighted by atomic mass is 10.1. The number of aromatic nitrogens is 1. The molecule has 0 atom stereocenters. The van der Waals surface area contributed by atoms with Crippen LogP contribution < -0.4 is 0 Å². The third-order valence-corrected chi connectivity index (χ3v) is 4.26. The van der Waals surface area contributed by atoms with Crippen molar-refractivity contribution in [3.8, 4) is 5.75 Å². The van der Waals surface area contributed by atoms with Crippen LogP contribution in [0.1, 0.15) is 29.9 Å². The number of aryl methyl sites for hydroxylation is 1. The molecule has 24 heavy (non-hydrogen) atoms. The van der Waals surface area contributed by atoms with Gasteiger partial charge in [0.05, 0.1) is 23.5 Å². The van der Waals surface area contributed by atoms with Crippen LogP contribution in [0.2, 0.25) is 0 Å². The topological polar surface area (TPSA) is 82.5 Å². The second-order valence-electron chi connectivity index (χ2n) is 4.91. The SMILES string of the molecule is [C-]#[N+]c1c(C)nsc1N=Nc1ccc(O)c(C(=O)N(CC)CC)c1. The average Bonchev–Trinajstić information content (AvgIpc) is 2.94. The van der Waals surface area contributed by atoms with E-state index in [2.05, 4.69) is 19.4 Å². The van der Waals surface area contributed by atoms with Gasteiger partial charge in [-0.05, 0) is 50.5 Å². The molecule has 2 aromatic rings. The first-order chi connectivity index (χ1) is 11.5. The summed E-state index contributed by atoms with van der Waals surface area (Å²) >= 11 is 1.10. The van der Waals surface area contributed by atoms with E-state index in [9.17, 15) is 9.90 Å². The third-order valence-electron chi connectivity index (χ3n) is 3.44. The zero-order valence-electron chi connectivity index (χ0n) is 13.6. The number of phenols is 1. The fourth-order valence-electron chi connectivity index (χ4n) is 2.09. The minimum Gasteiger partial charge on any atom is -0.507 e. The Kier molecular flexibility index (Phi) is 5.60. The zero-order chi connectivity index (χ0) is 17.7. The fraction of sp³-hybridized carbons (Fsp3) is 0.312. The van der Waals surface area contributed by atoms with E-state index in [1.54, 1.807) is 17.9 Å². The van der Waals surface area contributed by atoms with Crippen molar-refractivity contribution in [3.63, 3.8) is 0 Å². The molecule has 1 amide bonds. The molecule has 0 radical (unpaired) electrons. The minimum atomic E-state index is -0.259. The molecular weight excluding hydrogens is 326 g/mol. The van der Waals surface area contributed by atoms with Crippen molar-refractivity contribution in [3.05, 3.63) is 40.9 Å². The monoisotopic (exact) mass is 343 g/mol. The maximum Gasteiger partial charge on any atom is 0.257 e. The molecule has 0 saturated heterocycles. The van der Waals surface area contributed by atoms with Gasteiger partial charge in [-0.3, -0.25) is 4.79 Å². The standard InChI is InChI=1S/C16H17N5O2S/c1-5-21(6-2)16(23)12-9-11(7-8-13(12)22)18-19-15-14(17-4)10(3)20-24-15/h7-9,22H,5-6H2,1-3H3. The zero-order valence-corrected chi connectivity index (χ0v) is 14.5. The smallest absolute Gasteiger partial charge is 0.257 e. The van der Waals surface area contributed by atoms with E-state index < -0.39 is 0 Å². The molecule has 1 aromatic carbocycles. The van der Waals surface area contributed by atoms with Gasteiger partial charge in [0.15, 0.2) is 5.00 Å². The van der Waals surface area contributed by atoms with Gasteiger partial charge in [-0.15, -0.1) is 5.11 Å². The highest BCUT2D eigenvalue weighted by Crippen LogP contribution is 2.37. The van der Waals surface area contributed by atoms with Crippen LogP contribution in [-0.4, -0.2) is 33.4 Å². The Morgan fingerprint density at radius 1 is 1.38 bits per heavy atom. The molecule has 1 N–H and O–H groups in total. The Bertz CT molecular complexity index is 818. The summed E-state index contributed by atoms with van der Waals surface area (Å²) in [4.78, 5) is 17.4. The summed E-state index contributed by atoms with van der Waals surface area (Å²) in [6, 6.07) is 4.47. The minimum absolute atomic E-state index is 0.0960. The summed E-state index contributed by atoms with van der Waals surface area (Å²) < 4.78 is 4.08. The number of amides is 1. The second-order valence-corrected chi connectivity index (χ2v) is 5.66. The van der Waals surface area contributed by atoms with Gasteiger partial charge in [0.1, 0.15) is 5.75 Å². The average molecular weight is 343 g/mol. The molecular formula is C16H17N5O2S. The summed E-state index contributed by atoms with van der Waals surface area (Å²) in [6.07, 6.45) is 0. The number of aromatic hydroxyl groups is 1. The van der Waals surface area contributed by atoms with E-state index in [1.807, 2.05) is 13.8 Å². The number of phenolic OH excluding ortho intramolecular Hbond substituents is 1. The second kappa shape index (κ2) is 7.66. The first-order valence-corrected chi connectivity index (χ1v) is 8.16. The fourth-order valence-corrected chi connectivity index (χ4v) is 2.76. The maximum absolute atomic E-state index is 12.4. The molecule has 7 nitrogen and oxygen atoms in total. The van der Waals surface area contributed by atoms with Crippen LogP contribution in [0.25, 0.3) is 4.85 Å². The molecule has 1 aromatic heterocycles. The molecule has 0 spiro atoms. The van der Waals surface area contributed by atoms with Crippen LogP contribution in [0.3, 0.4) is 0 Å². The normalized spacial score (nSPS) is 10.8. The molecule has 2 rings (SSSR count). The van der Waals surface area contributed by atoms with E-state index >= 15 is 0 Å². The molecule has 0 saturated carbocycles. The Balaban J connectivity index is 2.33. The van der Waals surface area contributed by atoms with Crippen molar-refractivity contribution < 1.29 is 9.90 Å². The summed E-state index contributed by atoms with van der Waals surface area (Å²) in [5, 5.41) is 18.5. The lowest BCUT2D eigenvalue weighted by Crippen LogP contribution is -2.30. The molecule has 1 heterocycles. The number of hydrogen-bond acceptors (Lipinski definition) is 6. The Labute approximate surface area is 144 Å². The lowest BCUT2D eigenvalue weighted by molar-refractivity contribution is 0.0770. The van der Waals surface area contributed by atoms with Gasteiger partial charge >= 0.3 is 0 Å². The van der Waals surface area contributed by atoms with Crippen molar-refractivity contribution in [1.29, 1.82) is 0 Å². The van der Waals surface area contributed by atoms with Crippen molar-refractivity contribution in [1.82, 2.24) is 9.27 Å². The van der Waals surface area contributed by atoms with Crippen LogP contribution in [0.15, 0.2) is 28.4 Å². The van der Waals surface area contributed by atoms with Crippen molar-refractivity contribution in [2.75, 3.05) is 13.1 Å². The molecule has 0 aliphatic heterocycles. The van der Waals surface area contributed by atoms with Gasteiger partial charge in [-0.2, -0.15) is 5.11 Å². The molecule has 8 heteroatoms. The third kappa shape index (κ3) is 3.58. The molecule has 124 valence electrons. The van der Waals surface area contributed by atoms with Crippen molar-refractivity contribution in [2.45, 2.75) is 20.8 Å². The number of benzene rings is 1. The predicted octanol–water partition coefficient (Wildman–Crippen LogP) is 4.61. The maximum atomic E-state index is 12.4. The van der Waals surface area contributed by atoms with Crippen LogP contribution in [-0.2, 0) is 0 Å². The summed E-state index contributed by atoms with van der Waals surface area (Å²) in [5.41, 5.74) is 1.60. The summed E-state index contributed by atoms with van der Waals surface area (Å²) in [6.45, 7) is 13.7. The number of hydrogen-bond donors (Lipinski definition) is 1. The van der Waals surface area contributed by atoms with E-state index in [0.29, 0.717) is 35.2 Å². The number of azo groups is 1. The largest absolute Gasteiger partial charge is 0.507 e. The van der Waals surface area contributed by atoms with Crippen LogP contribution in [0.5, 0.6) is 5.75 Å². The van der Waals surface area contributed by atoms with Gasteiger partial charge in [-0.1, -0.05) is 0 Å². The summed E-state index contributed by atoms with van der Waals surface area (Å²) in [7, 11) is 0. The Hall–Kier alpha value is -2.79. The molecule has 0 aliphatic rings. The Morgan fingerprint density at radius 2 is 2.08 bits per heavy atom. The quantitative estimate of drug-likeness (QED) is 0.636. The molecule has 0 unspecified atom stereocenters. The molecule has 0 fully saturated rings.